The number of hydrogen-bond acceptors (Lipinski definition) is 5. The molecule has 1 unspecified atom stereocenters. The number of rotatable bonds is 7. The average Bonchev–Trinajstić information content (AvgIpc) is 2.87. The number of esters is 1. The zero-order valence-corrected chi connectivity index (χ0v) is 13.1. The molecule has 0 aromatic carbocycles. The average molecular weight is 296 g/mol. The first kappa shape index (κ1) is 17.2. The summed E-state index contributed by atoms with van der Waals surface area (Å²) in [6.45, 7) is 4.86. The van der Waals surface area contributed by atoms with Gasteiger partial charge in [-0.2, -0.15) is 5.10 Å². The molecule has 0 aliphatic carbocycles. The molecule has 2 N–H and O–H groups in total. The molecular weight excluding hydrogens is 272 g/mol. The van der Waals surface area contributed by atoms with Crippen LogP contribution in [0.5, 0.6) is 0 Å². The van der Waals surface area contributed by atoms with Crippen molar-refractivity contribution in [3.05, 3.63) is 18.0 Å². The van der Waals surface area contributed by atoms with Gasteiger partial charge in [0.15, 0.2) is 0 Å². The van der Waals surface area contributed by atoms with Crippen LogP contribution >= 0.6 is 0 Å². The molecule has 7 nitrogen and oxygen atoms in total. The fraction of sp³-hybridized carbons (Fsp3) is 0.643. The van der Waals surface area contributed by atoms with Crippen molar-refractivity contribution in [2.75, 3.05) is 20.2 Å². The predicted molar refractivity (Wildman–Crippen MR) is 78.2 cm³/mol. The van der Waals surface area contributed by atoms with E-state index in [4.69, 9.17) is 5.73 Å². The molecule has 0 saturated carbocycles. The van der Waals surface area contributed by atoms with Gasteiger partial charge < -0.3 is 15.4 Å². The van der Waals surface area contributed by atoms with Crippen molar-refractivity contribution in [3.8, 4) is 0 Å². The van der Waals surface area contributed by atoms with Crippen molar-refractivity contribution in [2.45, 2.75) is 26.3 Å². The molecule has 0 bridgehead atoms. The molecule has 0 spiro atoms. The summed E-state index contributed by atoms with van der Waals surface area (Å²) in [6, 6.07) is -0.768. The fourth-order valence-electron chi connectivity index (χ4n) is 2.00. The molecule has 1 amide bonds. The molecule has 1 rings (SSSR count). The Labute approximate surface area is 125 Å². The van der Waals surface area contributed by atoms with Gasteiger partial charge in [0.1, 0.15) is 6.04 Å². The number of ether oxygens (including phenoxy) is 1. The SMILES string of the molecule is COC(=O)CCN(CC(C)C)C(=O)C(N)c1cnn(C)c1. The maximum absolute atomic E-state index is 12.5. The van der Waals surface area contributed by atoms with Crippen LogP contribution in [0.15, 0.2) is 12.4 Å². The number of hydrogen-bond donors (Lipinski definition) is 1. The van der Waals surface area contributed by atoms with Crippen LogP contribution < -0.4 is 5.73 Å². The van der Waals surface area contributed by atoms with Gasteiger partial charge in [-0.05, 0) is 5.92 Å². The smallest absolute Gasteiger partial charge is 0.307 e. The Hall–Kier alpha value is -1.89. The van der Waals surface area contributed by atoms with Gasteiger partial charge in [0.25, 0.3) is 0 Å². The Kier molecular flexibility index (Phi) is 6.36. The predicted octanol–water partition coefficient (Wildman–Crippen LogP) is 0.468. The van der Waals surface area contributed by atoms with Crippen LogP contribution in [0.3, 0.4) is 0 Å². The zero-order valence-electron chi connectivity index (χ0n) is 13.1. The summed E-state index contributed by atoms with van der Waals surface area (Å²) < 4.78 is 6.21. The largest absolute Gasteiger partial charge is 0.469 e. The number of nitrogens with zero attached hydrogens (tertiary/aromatic N) is 3. The molecule has 21 heavy (non-hydrogen) atoms. The van der Waals surface area contributed by atoms with Crippen molar-refractivity contribution in [3.63, 3.8) is 0 Å². The highest BCUT2D eigenvalue weighted by Crippen LogP contribution is 2.14. The molecule has 7 heteroatoms. The second-order valence-corrected chi connectivity index (χ2v) is 5.43. The first-order chi connectivity index (χ1) is 9.85. The molecule has 1 heterocycles. The van der Waals surface area contributed by atoms with E-state index in [-0.39, 0.29) is 24.2 Å². The lowest BCUT2D eigenvalue weighted by Crippen LogP contribution is -2.41. The number of aryl methyl sites for hydroxylation is 1. The van der Waals surface area contributed by atoms with E-state index in [1.54, 1.807) is 29.0 Å². The van der Waals surface area contributed by atoms with Gasteiger partial charge in [-0.25, -0.2) is 0 Å². The second-order valence-electron chi connectivity index (χ2n) is 5.43. The van der Waals surface area contributed by atoms with E-state index in [1.165, 1.54) is 7.11 Å². The Balaban J connectivity index is 2.76. The lowest BCUT2D eigenvalue weighted by molar-refractivity contribution is -0.142. The topological polar surface area (TPSA) is 90.4 Å². The lowest BCUT2D eigenvalue weighted by Gasteiger charge is -2.26. The zero-order chi connectivity index (χ0) is 16.0. The third-order valence-corrected chi connectivity index (χ3v) is 3.06. The lowest BCUT2D eigenvalue weighted by atomic mass is 10.1. The van der Waals surface area contributed by atoms with Crippen molar-refractivity contribution in [2.24, 2.45) is 18.7 Å². The maximum Gasteiger partial charge on any atom is 0.307 e. The van der Waals surface area contributed by atoms with Gasteiger partial charge in [0.05, 0.1) is 19.7 Å². The normalized spacial score (nSPS) is 12.3. The van der Waals surface area contributed by atoms with Gasteiger partial charge >= 0.3 is 5.97 Å². The van der Waals surface area contributed by atoms with E-state index in [0.29, 0.717) is 18.7 Å². The van der Waals surface area contributed by atoms with Crippen LogP contribution in [0, 0.1) is 5.92 Å². The van der Waals surface area contributed by atoms with E-state index in [9.17, 15) is 9.59 Å². The van der Waals surface area contributed by atoms with E-state index in [1.807, 2.05) is 13.8 Å². The Morgan fingerprint density at radius 2 is 2.14 bits per heavy atom. The Morgan fingerprint density at radius 3 is 2.62 bits per heavy atom. The number of nitrogens with two attached hydrogens (primary N) is 1. The van der Waals surface area contributed by atoms with Crippen LogP contribution in [-0.2, 0) is 21.4 Å². The minimum absolute atomic E-state index is 0.161. The van der Waals surface area contributed by atoms with Crippen LogP contribution in [0.4, 0.5) is 0 Å². The Bertz CT molecular complexity index is 484. The number of carbonyl (C=O) groups excluding carboxylic acids is 2. The number of carbonyl (C=O) groups is 2. The molecule has 0 saturated heterocycles. The van der Waals surface area contributed by atoms with E-state index < -0.39 is 6.04 Å². The summed E-state index contributed by atoms with van der Waals surface area (Å²) in [5, 5.41) is 4.02. The molecule has 1 atom stereocenters. The third-order valence-electron chi connectivity index (χ3n) is 3.06. The summed E-state index contributed by atoms with van der Waals surface area (Å²) in [7, 11) is 3.10. The maximum atomic E-state index is 12.5. The standard InChI is InChI=1S/C14H24N4O3/c1-10(2)8-18(6-5-12(19)21-4)14(20)13(15)11-7-16-17(3)9-11/h7,9-10,13H,5-6,8,15H2,1-4H3. The molecule has 0 radical (unpaired) electrons. The summed E-state index contributed by atoms with van der Waals surface area (Å²) >= 11 is 0. The highest BCUT2D eigenvalue weighted by Gasteiger charge is 2.24. The number of amides is 1. The van der Waals surface area contributed by atoms with E-state index in [0.717, 1.165) is 0 Å². The summed E-state index contributed by atoms with van der Waals surface area (Å²) in [4.78, 5) is 25.4. The quantitative estimate of drug-likeness (QED) is 0.739. The van der Waals surface area contributed by atoms with Crippen LogP contribution in [0.25, 0.3) is 0 Å². The van der Waals surface area contributed by atoms with Crippen LogP contribution in [0.2, 0.25) is 0 Å². The van der Waals surface area contributed by atoms with E-state index in [2.05, 4.69) is 9.84 Å². The molecule has 1 aromatic heterocycles. The number of aromatic nitrogens is 2. The third kappa shape index (κ3) is 5.18. The van der Waals surface area contributed by atoms with E-state index >= 15 is 0 Å². The highest BCUT2D eigenvalue weighted by molar-refractivity contribution is 5.83. The molecule has 0 aliphatic heterocycles. The van der Waals surface area contributed by atoms with Gasteiger partial charge in [-0.1, -0.05) is 13.8 Å². The van der Waals surface area contributed by atoms with Crippen molar-refractivity contribution < 1.29 is 14.3 Å². The van der Waals surface area contributed by atoms with Crippen molar-refractivity contribution in [1.82, 2.24) is 14.7 Å². The minimum atomic E-state index is -0.768. The number of methoxy groups -OCH3 is 1. The van der Waals surface area contributed by atoms with Gasteiger partial charge in [-0.15, -0.1) is 0 Å². The minimum Gasteiger partial charge on any atom is -0.469 e. The van der Waals surface area contributed by atoms with Crippen molar-refractivity contribution in [1.29, 1.82) is 0 Å². The summed E-state index contributed by atoms with van der Waals surface area (Å²) in [6.07, 6.45) is 3.46. The second kappa shape index (κ2) is 7.78. The van der Waals surface area contributed by atoms with Crippen LogP contribution in [-0.4, -0.2) is 46.8 Å². The first-order valence-corrected chi connectivity index (χ1v) is 6.94. The summed E-state index contributed by atoms with van der Waals surface area (Å²) in [5.74, 6) is -0.264. The molecule has 1 aromatic rings. The monoisotopic (exact) mass is 296 g/mol. The van der Waals surface area contributed by atoms with Crippen molar-refractivity contribution >= 4 is 11.9 Å². The van der Waals surface area contributed by atoms with Gasteiger partial charge in [0.2, 0.25) is 5.91 Å². The summed E-state index contributed by atoms with van der Waals surface area (Å²) in [5.41, 5.74) is 6.67. The fourth-order valence-corrected chi connectivity index (χ4v) is 2.00. The van der Waals surface area contributed by atoms with Crippen LogP contribution in [0.1, 0.15) is 31.9 Å². The molecule has 118 valence electrons. The Morgan fingerprint density at radius 1 is 1.48 bits per heavy atom. The highest BCUT2D eigenvalue weighted by atomic mass is 16.5. The van der Waals surface area contributed by atoms with Gasteiger partial charge in [0, 0.05) is 31.9 Å². The molecule has 0 aliphatic rings. The first-order valence-electron chi connectivity index (χ1n) is 6.94. The molecular formula is C14H24N4O3. The van der Waals surface area contributed by atoms with Gasteiger partial charge in [-0.3, -0.25) is 14.3 Å². The molecule has 0 fully saturated rings.